The molecule has 3 rings (SSSR count). The molecule has 0 unspecified atom stereocenters. The van der Waals surface area contributed by atoms with Gasteiger partial charge >= 0.3 is 0 Å². The summed E-state index contributed by atoms with van der Waals surface area (Å²) in [5.74, 6) is -0.245. The highest BCUT2D eigenvalue weighted by Gasteiger charge is 2.16. The van der Waals surface area contributed by atoms with E-state index in [1.165, 1.54) is 0 Å². The number of piperidine rings is 1. The summed E-state index contributed by atoms with van der Waals surface area (Å²) in [4.78, 5) is 24.3. The first-order valence-corrected chi connectivity index (χ1v) is 8.20. The Labute approximate surface area is 141 Å². The fraction of sp³-hybridized carbons (Fsp3) is 0.263. The topological polar surface area (TPSA) is 70.2 Å². The van der Waals surface area contributed by atoms with Crippen molar-refractivity contribution >= 4 is 17.5 Å². The van der Waals surface area contributed by atoms with Crippen molar-refractivity contribution in [3.8, 4) is 0 Å². The largest absolute Gasteiger partial charge is 0.348 e. The average molecular weight is 323 g/mol. The van der Waals surface area contributed by atoms with E-state index in [2.05, 4.69) is 16.0 Å². The molecular formula is C19H21N3O2. The van der Waals surface area contributed by atoms with Gasteiger partial charge in [-0.3, -0.25) is 9.59 Å². The molecule has 24 heavy (non-hydrogen) atoms. The SMILES string of the molecule is O=C(Nc1ccc(C(=O)N[C@H]2CCCNC2)cc1)c1ccccc1. The predicted molar refractivity (Wildman–Crippen MR) is 94.2 cm³/mol. The number of amides is 2. The molecule has 2 aromatic carbocycles. The monoisotopic (exact) mass is 323 g/mol. The second-order valence-electron chi connectivity index (χ2n) is 5.91. The van der Waals surface area contributed by atoms with Gasteiger partial charge in [0, 0.05) is 29.4 Å². The third-order valence-electron chi connectivity index (χ3n) is 4.07. The van der Waals surface area contributed by atoms with Gasteiger partial charge in [-0.15, -0.1) is 0 Å². The molecule has 2 aromatic rings. The molecule has 2 amide bonds. The molecule has 3 N–H and O–H groups in total. The standard InChI is InChI=1S/C19H21N3O2/c23-18(14-5-2-1-3-6-14)21-16-10-8-15(9-11-16)19(24)22-17-7-4-12-20-13-17/h1-3,5-6,8-11,17,20H,4,7,12-13H2,(H,21,23)(H,22,24)/t17-/m0/s1. The van der Waals surface area contributed by atoms with Gasteiger partial charge in [-0.25, -0.2) is 0 Å². The highest BCUT2D eigenvalue weighted by Crippen LogP contribution is 2.12. The van der Waals surface area contributed by atoms with E-state index in [1.54, 1.807) is 36.4 Å². The molecule has 1 aliphatic rings. The third-order valence-corrected chi connectivity index (χ3v) is 4.07. The van der Waals surface area contributed by atoms with E-state index < -0.39 is 0 Å². The van der Waals surface area contributed by atoms with Gasteiger partial charge in [0.1, 0.15) is 0 Å². The Hall–Kier alpha value is -2.66. The number of carbonyl (C=O) groups excluding carboxylic acids is 2. The van der Waals surface area contributed by atoms with Crippen molar-refractivity contribution in [1.29, 1.82) is 0 Å². The molecule has 0 radical (unpaired) electrons. The lowest BCUT2D eigenvalue weighted by atomic mass is 10.1. The highest BCUT2D eigenvalue weighted by molar-refractivity contribution is 6.04. The van der Waals surface area contributed by atoms with Crippen molar-refractivity contribution in [2.24, 2.45) is 0 Å². The Morgan fingerprint density at radius 2 is 1.62 bits per heavy atom. The van der Waals surface area contributed by atoms with E-state index in [9.17, 15) is 9.59 Å². The molecule has 5 nitrogen and oxygen atoms in total. The molecule has 1 aliphatic heterocycles. The van der Waals surface area contributed by atoms with E-state index in [1.807, 2.05) is 18.2 Å². The van der Waals surface area contributed by atoms with Crippen molar-refractivity contribution in [3.63, 3.8) is 0 Å². The summed E-state index contributed by atoms with van der Waals surface area (Å²) in [7, 11) is 0. The number of anilines is 1. The molecule has 5 heteroatoms. The van der Waals surface area contributed by atoms with Gasteiger partial charge in [0.2, 0.25) is 0 Å². The molecule has 0 aromatic heterocycles. The Balaban J connectivity index is 1.58. The van der Waals surface area contributed by atoms with Crippen LogP contribution in [0.1, 0.15) is 33.6 Å². The van der Waals surface area contributed by atoms with Gasteiger partial charge < -0.3 is 16.0 Å². The van der Waals surface area contributed by atoms with Crippen molar-refractivity contribution in [2.75, 3.05) is 18.4 Å². The van der Waals surface area contributed by atoms with Gasteiger partial charge in [0.25, 0.3) is 11.8 Å². The van der Waals surface area contributed by atoms with Crippen molar-refractivity contribution < 1.29 is 9.59 Å². The summed E-state index contributed by atoms with van der Waals surface area (Å²) in [6.07, 6.45) is 2.08. The van der Waals surface area contributed by atoms with Crippen molar-refractivity contribution in [3.05, 3.63) is 65.7 Å². The number of benzene rings is 2. The van der Waals surface area contributed by atoms with Gasteiger partial charge in [0.05, 0.1) is 0 Å². The number of nitrogens with one attached hydrogen (secondary N) is 3. The number of carbonyl (C=O) groups is 2. The average Bonchev–Trinajstić information content (AvgIpc) is 2.64. The van der Waals surface area contributed by atoms with Crippen LogP contribution >= 0.6 is 0 Å². The summed E-state index contributed by atoms with van der Waals surface area (Å²) in [6, 6.07) is 16.2. The summed E-state index contributed by atoms with van der Waals surface area (Å²) >= 11 is 0. The lowest BCUT2D eigenvalue weighted by molar-refractivity contribution is 0.0930. The van der Waals surface area contributed by atoms with E-state index in [-0.39, 0.29) is 17.9 Å². The van der Waals surface area contributed by atoms with Gasteiger partial charge in [-0.05, 0) is 55.8 Å². The quantitative estimate of drug-likeness (QED) is 0.809. The lowest BCUT2D eigenvalue weighted by Gasteiger charge is -2.23. The first kappa shape index (κ1) is 16.2. The maximum Gasteiger partial charge on any atom is 0.255 e. The molecule has 0 aliphatic carbocycles. The zero-order valence-corrected chi connectivity index (χ0v) is 13.4. The minimum absolute atomic E-state index is 0.0790. The van der Waals surface area contributed by atoms with Crippen LogP contribution in [0.4, 0.5) is 5.69 Å². The second-order valence-corrected chi connectivity index (χ2v) is 5.91. The minimum atomic E-state index is -0.166. The van der Waals surface area contributed by atoms with Crippen molar-refractivity contribution in [1.82, 2.24) is 10.6 Å². The van der Waals surface area contributed by atoms with Gasteiger partial charge in [-0.2, -0.15) is 0 Å². The molecule has 0 bridgehead atoms. The number of rotatable bonds is 4. The Morgan fingerprint density at radius 1 is 0.917 bits per heavy atom. The maximum atomic E-state index is 12.2. The Bertz CT molecular complexity index is 692. The maximum absolute atomic E-state index is 12.2. The van der Waals surface area contributed by atoms with E-state index in [4.69, 9.17) is 0 Å². The smallest absolute Gasteiger partial charge is 0.255 e. The zero-order chi connectivity index (χ0) is 16.8. The van der Waals surface area contributed by atoms with E-state index >= 15 is 0 Å². The van der Waals surface area contributed by atoms with Crippen LogP contribution in [0, 0.1) is 0 Å². The van der Waals surface area contributed by atoms with Crippen LogP contribution < -0.4 is 16.0 Å². The highest BCUT2D eigenvalue weighted by atomic mass is 16.2. The van der Waals surface area contributed by atoms with Gasteiger partial charge in [0.15, 0.2) is 0 Å². The van der Waals surface area contributed by atoms with E-state index in [0.717, 1.165) is 25.9 Å². The fourth-order valence-corrected chi connectivity index (χ4v) is 2.74. The summed E-state index contributed by atoms with van der Waals surface area (Å²) < 4.78 is 0. The van der Waals surface area contributed by atoms with Crippen LogP contribution in [0.2, 0.25) is 0 Å². The van der Waals surface area contributed by atoms with Crippen LogP contribution in [0.5, 0.6) is 0 Å². The normalized spacial score (nSPS) is 17.1. The van der Waals surface area contributed by atoms with Crippen molar-refractivity contribution in [2.45, 2.75) is 18.9 Å². The fourth-order valence-electron chi connectivity index (χ4n) is 2.74. The molecular weight excluding hydrogens is 302 g/mol. The Morgan fingerprint density at radius 3 is 2.29 bits per heavy atom. The predicted octanol–water partition coefficient (Wildman–Crippen LogP) is 2.42. The zero-order valence-electron chi connectivity index (χ0n) is 13.4. The van der Waals surface area contributed by atoms with Gasteiger partial charge in [-0.1, -0.05) is 18.2 Å². The van der Waals surface area contributed by atoms with Crippen LogP contribution in [0.25, 0.3) is 0 Å². The molecule has 1 atom stereocenters. The molecule has 124 valence electrons. The van der Waals surface area contributed by atoms with E-state index in [0.29, 0.717) is 16.8 Å². The molecule has 0 spiro atoms. The van der Waals surface area contributed by atoms with Crippen LogP contribution in [0.15, 0.2) is 54.6 Å². The summed E-state index contributed by atoms with van der Waals surface area (Å²) in [6.45, 7) is 1.83. The first-order chi connectivity index (χ1) is 11.7. The Kier molecular flexibility index (Phi) is 5.23. The molecule has 1 heterocycles. The summed E-state index contributed by atoms with van der Waals surface area (Å²) in [5, 5.41) is 9.13. The first-order valence-electron chi connectivity index (χ1n) is 8.20. The summed E-state index contributed by atoms with van der Waals surface area (Å²) in [5.41, 5.74) is 1.86. The number of hydrogen-bond donors (Lipinski definition) is 3. The molecule has 1 saturated heterocycles. The second kappa shape index (κ2) is 7.75. The lowest BCUT2D eigenvalue weighted by Crippen LogP contribution is -2.45. The molecule has 0 saturated carbocycles. The van der Waals surface area contributed by atoms with Crippen LogP contribution in [-0.4, -0.2) is 30.9 Å². The number of hydrogen-bond acceptors (Lipinski definition) is 3. The molecule has 1 fully saturated rings. The third kappa shape index (κ3) is 4.20. The minimum Gasteiger partial charge on any atom is -0.348 e. The van der Waals surface area contributed by atoms with Crippen LogP contribution in [-0.2, 0) is 0 Å². The van der Waals surface area contributed by atoms with Crippen LogP contribution in [0.3, 0.4) is 0 Å².